The molecule has 4 rings (SSSR count). The molecule has 1 amide bonds. The molecule has 1 aliphatic rings. The molecule has 0 radical (unpaired) electrons. The number of amides is 1. The molecule has 1 fully saturated rings. The van der Waals surface area contributed by atoms with Crippen LogP contribution in [0.1, 0.15) is 57.2 Å². The first kappa shape index (κ1) is 32.6. The minimum absolute atomic E-state index is 0.344. The SMILES string of the molecule is CC/C(=C(\c1ccc(Cl)cc1)c1ccc(OCCN2CCN(CCCNC(=O)OC(C)(C)C)CC2)cc1)c1ccccc1. The third kappa shape index (κ3) is 10.4. The standard InChI is InChI=1S/C36H46ClN3O3/c1-5-33(28-10-7-6-8-11-28)34(29-12-16-31(37)17-13-29)30-14-18-32(19-15-30)42-27-26-40-24-22-39(23-25-40)21-9-20-38-35(41)43-36(2,3)4/h6-8,10-19H,5,9,20-27H2,1-4H3,(H,38,41)/b34-33-. The number of halogens is 1. The molecule has 0 aromatic heterocycles. The van der Waals surface area contributed by atoms with Crippen molar-refractivity contribution in [1.29, 1.82) is 0 Å². The van der Waals surface area contributed by atoms with E-state index in [0.717, 1.165) is 74.0 Å². The molecule has 0 bridgehead atoms. The van der Waals surface area contributed by atoms with E-state index in [9.17, 15) is 4.79 Å². The topological polar surface area (TPSA) is 54.0 Å². The molecule has 0 saturated carbocycles. The maximum atomic E-state index is 11.8. The summed E-state index contributed by atoms with van der Waals surface area (Å²) < 4.78 is 11.5. The minimum Gasteiger partial charge on any atom is -0.492 e. The molecule has 7 heteroatoms. The number of ether oxygens (including phenoxy) is 2. The quantitative estimate of drug-likeness (QED) is 0.170. The van der Waals surface area contributed by atoms with Gasteiger partial charge in [0.1, 0.15) is 18.0 Å². The predicted octanol–water partition coefficient (Wildman–Crippen LogP) is 7.62. The Morgan fingerprint density at radius 2 is 1.40 bits per heavy atom. The van der Waals surface area contributed by atoms with Crippen molar-refractivity contribution in [3.05, 3.63) is 101 Å². The Kier molecular flexibility index (Phi) is 12.1. The van der Waals surface area contributed by atoms with E-state index in [-0.39, 0.29) is 6.09 Å². The van der Waals surface area contributed by atoms with Crippen molar-refractivity contribution in [2.24, 2.45) is 0 Å². The molecule has 1 aliphatic heterocycles. The second-order valence-corrected chi connectivity index (χ2v) is 12.4. The largest absolute Gasteiger partial charge is 0.492 e. The molecule has 43 heavy (non-hydrogen) atoms. The maximum Gasteiger partial charge on any atom is 0.407 e. The van der Waals surface area contributed by atoms with Crippen LogP contribution >= 0.6 is 11.6 Å². The summed E-state index contributed by atoms with van der Waals surface area (Å²) >= 11 is 6.22. The van der Waals surface area contributed by atoms with Crippen molar-refractivity contribution in [3.63, 3.8) is 0 Å². The summed E-state index contributed by atoms with van der Waals surface area (Å²) in [5.41, 5.74) is 5.59. The van der Waals surface area contributed by atoms with Crippen molar-refractivity contribution in [2.75, 3.05) is 52.4 Å². The van der Waals surface area contributed by atoms with Gasteiger partial charge in [0.25, 0.3) is 0 Å². The van der Waals surface area contributed by atoms with E-state index in [4.69, 9.17) is 21.1 Å². The lowest BCUT2D eigenvalue weighted by atomic mass is 9.88. The molecule has 6 nitrogen and oxygen atoms in total. The van der Waals surface area contributed by atoms with Gasteiger partial charge in [-0.25, -0.2) is 4.79 Å². The third-order valence-corrected chi connectivity index (χ3v) is 7.77. The Morgan fingerprint density at radius 3 is 1.98 bits per heavy atom. The number of hydrogen-bond donors (Lipinski definition) is 1. The molecule has 3 aromatic carbocycles. The fourth-order valence-corrected chi connectivity index (χ4v) is 5.48. The zero-order chi connectivity index (χ0) is 30.7. The number of benzene rings is 3. The lowest BCUT2D eigenvalue weighted by molar-refractivity contribution is 0.0523. The highest BCUT2D eigenvalue weighted by Gasteiger charge is 2.18. The van der Waals surface area contributed by atoms with E-state index < -0.39 is 5.60 Å². The molecule has 230 valence electrons. The van der Waals surface area contributed by atoms with E-state index in [1.54, 1.807) is 0 Å². The second-order valence-electron chi connectivity index (χ2n) is 11.9. The Balaban J connectivity index is 1.26. The predicted molar refractivity (Wildman–Crippen MR) is 178 cm³/mol. The van der Waals surface area contributed by atoms with Gasteiger partial charge in [-0.15, -0.1) is 0 Å². The number of alkyl carbamates (subject to hydrolysis) is 1. The van der Waals surface area contributed by atoms with Crippen LogP contribution in [0.25, 0.3) is 11.1 Å². The third-order valence-electron chi connectivity index (χ3n) is 7.51. The smallest absolute Gasteiger partial charge is 0.407 e. The van der Waals surface area contributed by atoms with Crippen LogP contribution in [-0.2, 0) is 4.74 Å². The van der Waals surface area contributed by atoms with Gasteiger partial charge in [-0.3, -0.25) is 4.90 Å². The fourth-order valence-electron chi connectivity index (χ4n) is 5.35. The van der Waals surface area contributed by atoms with E-state index >= 15 is 0 Å². The van der Waals surface area contributed by atoms with Crippen LogP contribution in [0.15, 0.2) is 78.9 Å². The number of nitrogens with one attached hydrogen (secondary N) is 1. The van der Waals surface area contributed by atoms with Gasteiger partial charge in [0, 0.05) is 44.3 Å². The highest BCUT2D eigenvalue weighted by molar-refractivity contribution is 6.30. The zero-order valence-corrected chi connectivity index (χ0v) is 26.8. The van der Waals surface area contributed by atoms with Gasteiger partial charge >= 0.3 is 6.09 Å². The summed E-state index contributed by atoms with van der Waals surface area (Å²) in [6.07, 6.45) is 1.48. The average Bonchev–Trinajstić information content (AvgIpc) is 2.99. The van der Waals surface area contributed by atoms with Gasteiger partial charge in [0.15, 0.2) is 0 Å². The van der Waals surface area contributed by atoms with Gasteiger partial charge < -0.3 is 19.7 Å². The van der Waals surface area contributed by atoms with Gasteiger partial charge in [0.2, 0.25) is 0 Å². The van der Waals surface area contributed by atoms with Crippen LogP contribution in [-0.4, -0.2) is 73.9 Å². The van der Waals surface area contributed by atoms with Crippen LogP contribution in [0, 0.1) is 0 Å². The minimum atomic E-state index is -0.465. The summed E-state index contributed by atoms with van der Waals surface area (Å²) in [6, 6.07) is 27.2. The average molecular weight is 604 g/mol. The van der Waals surface area contributed by atoms with Crippen molar-refractivity contribution in [1.82, 2.24) is 15.1 Å². The molecule has 0 spiro atoms. The number of hydrogen-bond acceptors (Lipinski definition) is 5. The number of piperazine rings is 1. The van der Waals surface area contributed by atoms with E-state index in [1.807, 2.05) is 32.9 Å². The molecular formula is C36H46ClN3O3. The number of allylic oxidation sites excluding steroid dienone is 1. The first-order valence-corrected chi connectivity index (χ1v) is 15.8. The van der Waals surface area contributed by atoms with Crippen molar-refractivity contribution in [3.8, 4) is 5.75 Å². The summed E-state index contributed by atoms with van der Waals surface area (Å²) in [4.78, 5) is 16.7. The second kappa shape index (κ2) is 15.9. The highest BCUT2D eigenvalue weighted by Crippen LogP contribution is 2.35. The van der Waals surface area contributed by atoms with E-state index in [1.165, 1.54) is 16.7 Å². The lowest BCUT2D eigenvalue weighted by Crippen LogP contribution is -2.48. The maximum absolute atomic E-state index is 11.8. The van der Waals surface area contributed by atoms with Crippen LogP contribution in [0.4, 0.5) is 4.79 Å². The molecule has 0 atom stereocenters. The Morgan fingerprint density at radius 1 is 0.814 bits per heavy atom. The molecule has 3 aromatic rings. The molecule has 1 N–H and O–H groups in total. The summed E-state index contributed by atoms with van der Waals surface area (Å²) in [6.45, 7) is 15.1. The van der Waals surface area contributed by atoms with Gasteiger partial charge in [-0.1, -0.05) is 73.1 Å². The normalized spacial score (nSPS) is 15.1. The van der Waals surface area contributed by atoms with Crippen molar-refractivity contribution < 1.29 is 14.3 Å². The monoisotopic (exact) mass is 603 g/mol. The van der Waals surface area contributed by atoms with E-state index in [0.29, 0.717) is 13.2 Å². The molecule has 1 saturated heterocycles. The van der Waals surface area contributed by atoms with Gasteiger partial charge in [-0.2, -0.15) is 0 Å². The Hall–Kier alpha value is -3.32. The number of nitrogens with zero attached hydrogens (tertiary/aromatic N) is 2. The Labute approximate surface area is 262 Å². The first-order valence-electron chi connectivity index (χ1n) is 15.4. The van der Waals surface area contributed by atoms with Crippen LogP contribution < -0.4 is 10.1 Å². The van der Waals surface area contributed by atoms with Gasteiger partial charge in [0.05, 0.1) is 0 Å². The number of rotatable bonds is 12. The molecule has 0 aliphatic carbocycles. The Bertz CT molecular complexity index is 1310. The van der Waals surface area contributed by atoms with E-state index in [2.05, 4.69) is 88.8 Å². The summed E-state index contributed by atoms with van der Waals surface area (Å²) in [5, 5.41) is 3.58. The highest BCUT2D eigenvalue weighted by atomic mass is 35.5. The molecule has 0 unspecified atom stereocenters. The molecular weight excluding hydrogens is 558 g/mol. The summed E-state index contributed by atoms with van der Waals surface area (Å²) in [7, 11) is 0. The van der Waals surface area contributed by atoms with Crippen LogP contribution in [0.2, 0.25) is 5.02 Å². The zero-order valence-electron chi connectivity index (χ0n) is 26.1. The summed E-state index contributed by atoms with van der Waals surface area (Å²) in [5.74, 6) is 0.882. The van der Waals surface area contributed by atoms with Crippen LogP contribution in [0.5, 0.6) is 5.75 Å². The van der Waals surface area contributed by atoms with Crippen molar-refractivity contribution >= 4 is 28.8 Å². The number of carbonyl (C=O) groups excluding carboxylic acids is 1. The molecule has 1 heterocycles. The fraction of sp³-hybridized carbons (Fsp3) is 0.417. The number of carbonyl (C=O) groups is 1. The first-order chi connectivity index (χ1) is 20.7. The lowest BCUT2D eigenvalue weighted by Gasteiger charge is -2.34. The van der Waals surface area contributed by atoms with Gasteiger partial charge in [-0.05, 0) is 92.3 Å². The van der Waals surface area contributed by atoms with Crippen LogP contribution in [0.3, 0.4) is 0 Å². The van der Waals surface area contributed by atoms with Crippen molar-refractivity contribution in [2.45, 2.75) is 46.1 Å².